The van der Waals surface area contributed by atoms with E-state index >= 15 is 0 Å². The fourth-order valence-corrected chi connectivity index (χ4v) is 4.61. The first kappa shape index (κ1) is 23.2. The van der Waals surface area contributed by atoms with E-state index in [0.717, 1.165) is 43.6 Å². The Bertz CT molecular complexity index is 1100. The van der Waals surface area contributed by atoms with Crippen LogP contribution in [0.4, 0.5) is 4.79 Å². The summed E-state index contributed by atoms with van der Waals surface area (Å²) in [6, 6.07) is 10.6. The molecule has 0 aliphatic heterocycles. The van der Waals surface area contributed by atoms with E-state index in [2.05, 4.69) is 33.9 Å². The molecular formula is C26H35N5O2. The van der Waals surface area contributed by atoms with Gasteiger partial charge in [-0.1, -0.05) is 12.1 Å². The van der Waals surface area contributed by atoms with Crippen molar-refractivity contribution >= 4 is 11.7 Å². The molecule has 1 aliphatic carbocycles. The minimum absolute atomic E-state index is 0.307. The number of nitrogens with zero attached hydrogens (tertiary/aromatic N) is 4. The lowest BCUT2D eigenvalue weighted by Crippen LogP contribution is -2.33. The van der Waals surface area contributed by atoms with Crippen LogP contribution in [0.15, 0.2) is 42.7 Å². The van der Waals surface area contributed by atoms with Crippen LogP contribution >= 0.6 is 0 Å². The number of alkyl carbamates (subject to hydrolysis) is 1. The summed E-state index contributed by atoms with van der Waals surface area (Å²) in [5.41, 5.74) is 5.32. The van der Waals surface area contributed by atoms with E-state index in [1.165, 1.54) is 23.4 Å². The molecule has 3 aromatic rings. The van der Waals surface area contributed by atoms with Gasteiger partial charge in [-0.15, -0.1) is 0 Å². The van der Waals surface area contributed by atoms with Gasteiger partial charge in [0.05, 0.1) is 17.4 Å². The number of imidazole rings is 1. The zero-order valence-corrected chi connectivity index (χ0v) is 20.2. The van der Waals surface area contributed by atoms with Gasteiger partial charge in [0.2, 0.25) is 0 Å². The predicted molar refractivity (Wildman–Crippen MR) is 129 cm³/mol. The van der Waals surface area contributed by atoms with E-state index in [9.17, 15) is 4.79 Å². The number of amides is 1. The molecule has 0 aromatic carbocycles. The molecule has 1 atom stereocenters. The van der Waals surface area contributed by atoms with Crippen LogP contribution in [0, 0.1) is 0 Å². The summed E-state index contributed by atoms with van der Waals surface area (Å²) in [6.07, 6.45) is 8.64. The molecule has 4 rings (SSSR count). The molecule has 0 saturated heterocycles. The Hall–Kier alpha value is -2.93. The van der Waals surface area contributed by atoms with Crippen molar-refractivity contribution < 1.29 is 9.53 Å². The van der Waals surface area contributed by atoms with Crippen LogP contribution in [-0.2, 0) is 24.1 Å². The monoisotopic (exact) mass is 449 g/mol. The average molecular weight is 450 g/mol. The second-order valence-electron chi connectivity index (χ2n) is 9.84. The third-order valence-electron chi connectivity index (χ3n) is 6.07. The highest BCUT2D eigenvalue weighted by Crippen LogP contribution is 2.33. The van der Waals surface area contributed by atoms with Gasteiger partial charge in [-0.3, -0.25) is 9.88 Å². The molecule has 7 nitrogen and oxygen atoms in total. The van der Waals surface area contributed by atoms with Gasteiger partial charge in [-0.05, 0) is 83.7 Å². The number of hydrogen-bond donors (Lipinski definition) is 1. The van der Waals surface area contributed by atoms with E-state index in [4.69, 9.17) is 14.7 Å². The number of carbonyl (C=O) groups excluding carboxylic acids is 1. The largest absolute Gasteiger partial charge is 0.444 e. The van der Waals surface area contributed by atoms with Gasteiger partial charge in [0.25, 0.3) is 0 Å². The molecule has 1 aliphatic rings. The summed E-state index contributed by atoms with van der Waals surface area (Å²) in [5, 5.41) is 2.86. The van der Waals surface area contributed by atoms with E-state index < -0.39 is 5.60 Å². The van der Waals surface area contributed by atoms with E-state index in [1.54, 1.807) is 0 Å². The van der Waals surface area contributed by atoms with Gasteiger partial charge in [0.1, 0.15) is 11.2 Å². The second kappa shape index (κ2) is 9.91. The average Bonchev–Trinajstić information content (AvgIpc) is 3.12. The summed E-state index contributed by atoms with van der Waals surface area (Å²) >= 11 is 0. The van der Waals surface area contributed by atoms with Gasteiger partial charge >= 0.3 is 6.09 Å². The molecule has 0 bridgehead atoms. The molecule has 7 heteroatoms. The highest BCUT2D eigenvalue weighted by molar-refractivity contribution is 5.67. The summed E-state index contributed by atoms with van der Waals surface area (Å²) in [5.74, 6) is 0. The Morgan fingerprint density at radius 3 is 2.94 bits per heavy atom. The first-order chi connectivity index (χ1) is 15.8. The number of nitrogens with one attached hydrogen (secondary N) is 1. The van der Waals surface area contributed by atoms with Crippen molar-refractivity contribution in [2.24, 2.45) is 0 Å². The van der Waals surface area contributed by atoms with Crippen molar-refractivity contribution in [1.82, 2.24) is 24.6 Å². The maximum absolute atomic E-state index is 12.0. The molecule has 3 heterocycles. The highest BCUT2D eigenvalue weighted by atomic mass is 16.6. The normalized spacial score (nSPS) is 16.1. The van der Waals surface area contributed by atoms with Crippen LogP contribution in [-0.4, -0.2) is 44.6 Å². The minimum Gasteiger partial charge on any atom is -0.444 e. The van der Waals surface area contributed by atoms with E-state index in [1.807, 2.05) is 51.2 Å². The molecule has 0 fully saturated rings. The summed E-state index contributed by atoms with van der Waals surface area (Å²) in [6.45, 7) is 6.93. The smallest absolute Gasteiger partial charge is 0.407 e. The lowest BCUT2D eigenvalue weighted by Gasteiger charge is -2.32. The fraction of sp³-hybridized carbons (Fsp3) is 0.500. The Kier molecular flexibility index (Phi) is 6.98. The van der Waals surface area contributed by atoms with Gasteiger partial charge < -0.3 is 14.5 Å². The zero-order chi connectivity index (χ0) is 23.4. The molecule has 3 aromatic heterocycles. The van der Waals surface area contributed by atoms with Crippen LogP contribution < -0.4 is 5.32 Å². The Balaban J connectivity index is 1.46. The van der Waals surface area contributed by atoms with Crippen molar-refractivity contribution in [3.63, 3.8) is 0 Å². The second-order valence-corrected chi connectivity index (χ2v) is 9.84. The minimum atomic E-state index is -0.490. The van der Waals surface area contributed by atoms with Crippen LogP contribution in [0.25, 0.3) is 5.65 Å². The van der Waals surface area contributed by atoms with E-state index in [0.29, 0.717) is 12.6 Å². The summed E-state index contributed by atoms with van der Waals surface area (Å²) in [4.78, 5) is 24.0. The van der Waals surface area contributed by atoms with Gasteiger partial charge in [0, 0.05) is 31.2 Å². The molecule has 33 heavy (non-hydrogen) atoms. The van der Waals surface area contributed by atoms with Crippen LogP contribution in [0.2, 0.25) is 0 Å². The van der Waals surface area contributed by atoms with Crippen LogP contribution in [0.1, 0.15) is 68.7 Å². The van der Waals surface area contributed by atoms with Gasteiger partial charge in [-0.25, -0.2) is 9.78 Å². The molecule has 0 radical (unpaired) electrons. The molecule has 0 spiro atoms. The third kappa shape index (κ3) is 5.71. The van der Waals surface area contributed by atoms with Crippen molar-refractivity contribution in [3.8, 4) is 0 Å². The number of ether oxygens (including phenoxy) is 1. The topological polar surface area (TPSA) is 71.8 Å². The molecule has 0 unspecified atom stereocenters. The maximum Gasteiger partial charge on any atom is 0.407 e. The fourth-order valence-electron chi connectivity index (χ4n) is 4.61. The zero-order valence-electron chi connectivity index (χ0n) is 20.2. The van der Waals surface area contributed by atoms with Crippen molar-refractivity contribution in [2.45, 2.75) is 71.1 Å². The maximum atomic E-state index is 12.0. The molecule has 176 valence electrons. The highest BCUT2D eigenvalue weighted by Gasteiger charge is 2.26. The van der Waals surface area contributed by atoms with Gasteiger partial charge in [0.15, 0.2) is 0 Å². The van der Waals surface area contributed by atoms with Crippen molar-refractivity contribution in [1.29, 1.82) is 0 Å². The number of rotatable bonds is 7. The first-order valence-corrected chi connectivity index (χ1v) is 11.9. The Morgan fingerprint density at radius 2 is 2.12 bits per heavy atom. The van der Waals surface area contributed by atoms with Crippen LogP contribution in [0.5, 0.6) is 0 Å². The lowest BCUT2D eigenvalue weighted by atomic mass is 9.91. The molecule has 1 N–H and O–H groups in total. The third-order valence-corrected chi connectivity index (χ3v) is 6.07. The predicted octanol–water partition coefficient (Wildman–Crippen LogP) is 4.70. The number of aromatic nitrogens is 3. The van der Waals surface area contributed by atoms with E-state index in [-0.39, 0.29) is 6.09 Å². The van der Waals surface area contributed by atoms with Crippen molar-refractivity contribution in [2.75, 3.05) is 13.6 Å². The Morgan fingerprint density at radius 1 is 1.27 bits per heavy atom. The number of fused-ring (bicyclic) bond motifs is 2. The molecule has 1 amide bonds. The lowest BCUT2D eigenvalue weighted by molar-refractivity contribution is 0.0527. The number of hydrogen-bond acceptors (Lipinski definition) is 5. The summed E-state index contributed by atoms with van der Waals surface area (Å²) < 4.78 is 7.51. The standard InChI is InChI=1S/C26H35N5O2/c1-26(2,3)33-25(32)28-16-9-13-21-20(29-23-14-5-6-17-31(21)23)18-30(4)22-12-7-10-19-11-8-15-27-24(19)22/h5-6,8,11,14-15,17,22H,7,9-10,12-13,16,18H2,1-4H3,(H,28,32)/t22-/m0/s1. The number of pyridine rings is 2. The van der Waals surface area contributed by atoms with Gasteiger partial charge in [-0.2, -0.15) is 0 Å². The number of aryl methyl sites for hydroxylation is 2. The van der Waals surface area contributed by atoms with Crippen molar-refractivity contribution in [3.05, 3.63) is 65.4 Å². The summed E-state index contributed by atoms with van der Waals surface area (Å²) in [7, 11) is 2.17. The Labute approximate surface area is 196 Å². The molecule has 0 saturated carbocycles. The number of carbonyl (C=O) groups is 1. The SMILES string of the molecule is CN(Cc1nc2ccccn2c1CCCNC(=O)OC(C)(C)C)[C@H]1CCCc2cccnc21. The molecular weight excluding hydrogens is 414 g/mol. The quantitative estimate of drug-likeness (QED) is 0.530. The first-order valence-electron chi connectivity index (χ1n) is 11.9. The van der Waals surface area contributed by atoms with Crippen LogP contribution in [0.3, 0.4) is 0 Å².